The maximum atomic E-state index is 12.2. The van der Waals surface area contributed by atoms with E-state index in [1.807, 2.05) is 11.4 Å². The molecule has 3 aromatic rings. The average molecular weight is 390 g/mol. The Morgan fingerprint density at radius 2 is 2.22 bits per heavy atom. The fourth-order valence-electron chi connectivity index (χ4n) is 2.55. The van der Waals surface area contributed by atoms with Crippen LogP contribution in [0.25, 0.3) is 10.2 Å². The number of hydrogen-bond acceptors (Lipinski definition) is 6. The zero-order valence-electron chi connectivity index (χ0n) is 11.9. The van der Waals surface area contributed by atoms with Crippen molar-refractivity contribution in [1.29, 1.82) is 0 Å². The molecule has 4 heterocycles. The molecule has 1 N–H and O–H groups in total. The van der Waals surface area contributed by atoms with Gasteiger partial charge in [0.05, 0.1) is 21.8 Å². The number of pyridine rings is 1. The number of amides is 1. The van der Waals surface area contributed by atoms with E-state index in [0.717, 1.165) is 33.6 Å². The van der Waals surface area contributed by atoms with Crippen LogP contribution < -0.4 is 10.2 Å². The number of fused-ring (bicyclic) bond motifs is 1. The summed E-state index contributed by atoms with van der Waals surface area (Å²) >= 11 is 4.96. The van der Waals surface area contributed by atoms with Crippen molar-refractivity contribution in [2.75, 3.05) is 18.0 Å². The lowest BCUT2D eigenvalue weighted by atomic mass is 10.1. The molecule has 1 aliphatic rings. The van der Waals surface area contributed by atoms with Crippen molar-refractivity contribution in [1.82, 2.24) is 20.3 Å². The van der Waals surface area contributed by atoms with E-state index >= 15 is 0 Å². The minimum atomic E-state index is -0.104. The van der Waals surface area contributed by atoms with Gasteiger partial charge in [0.25, 0.3) is 5.91 Å². The van der Waals surface area contributed by atoms with E-state index in [4.69, 9.17) is 0 Å². The summed E-state index contributed by atoms with van der Waals surface area (Å²) in [6.45, 7) is 1.49. The van der Waals surface area contributed by atoms with Gasteiger partial charge in [0.15, 0.2) is 0 Å². The highest BCUT2D eigenvalue weighted by Gasteiger charge is 2.30. The first kappa shape index (κ1) is 14.5. The fraction of sp³-hybridized carbons (Fsp3) is 0.200. The van der Waals surface area contributed by atoms with Crippen molar-refractivity contribution in [3.8, 4) is 0 Å². The summed E-state index contributed by atoms with van der Waals surface area (Å²) in [5, 5.41) is 5.04. The third-order valence-corrected chi connectivity index (χ3v) is 5.04. The monoisotopic (exact) mass is 389 g/mol. The maximum Gasteiger partial charge on any atom is 0.253 e. The minimum Gasteiger partial charge on any atom is -0.351 e. The third kappa shape index (κ3) is 2.79. The lowest BCUT2D eigenvalue weighted by molar-refractivity contribution is 0.0929. The molecule has 116 valence electrons. The van der Waals surface area contributed by atoms with Gasteiger partial charge in [-0.15, -0.1) is 11.3 Å². The first-order valence-electron chi connectivity index (χ1n) is 7.05. The largest absolute Gasteiger partial charge is 0.351 e. The minimum absolute atomic E-state index is 0.104. The zero-order chi connectivity index (χ0) is 15.8. The number of halogens is 1. The molecule has 8 heteroatoms. The summed E-state index contributed by atoms with van der Waals surface area (Å²) in [7, 11) is 0. The van der Waals surface area contributed by atoms with E-state index < -0.39 is 0 Å². The van der Waals surface area contributed by atoms with Crippen molar-refractivity contribution in [2.45, 2.75) is 6.04 Å². The molecular formula is C15H12BrN5OS. The molecule has 4 rings (SSSR count). The van der Waals surface area contributed by atoms with Crippen molar-refractivity contribution in [3.63, 3.8) is 0 Å². The van der Waals surface area contributed by atoms with Crippen molar-refractivity contribution < 1.29 is 4.79 Å². The fourth-order valence-corrected chi connectivity index (χ4v) is 3.78. The molecule has 1 aliphatic heterocycles. The first-order valence-corrected chi connectivity index (χ1v) is 8.72. The molecule has 0 saturated carbocycles. The summed E-state index contributed by atoms with van der Waals surface area (Å²) in [6.07, 6.45) is 4.81. The second kappa shape index (κ2) is 5.86. The number of nitrogens with zero attached hydrogens (tertiary/aromatic N) is 4. The number of carbonyl (C=O) groups excluding carboxylic acids is 1. The third-order valence-electron chi connectivity index (χ3n) is 3.71. The predicted molar refractivity (Wildman–Crippen MR) is 92.8 cm³/mol. The molecule has 23 heavy (non-hydrogen) atoms. The molecule has 0 aliphatic carbocycles. The van der Waals surface area contributed by atoms with E-state index in [1.54, 1.807) is 36.1 Å². The Morgan fingerprint density at radius 3 is 3.04 bits per heavy atom. The molecule has 6 nitrogen and oxygen atoms in total. The van der Waals surface area contributed by atoms with Crippen LogP contribution in [0.2, 0.25) is 0 Å². The summed E-state index contributed by atoms with van der Waals surface area (Å²) < 4.78 is 1.88. The molecule has 0 radical (unpaired) electrons. The number of carbonyl (C=O) groups is 1. The molecule has 1 saturated heterocycles. The highest BCUT2D eigenvalue weighted by molar-refractivity contribution is 9.10. The van der Waals surface area contributed by atoms with E-state index in [1.165, 1.54) is 0 Å². The Kier molecular flexibility index (Phi) is 3.70. The van der Waals surface area contributed by atoms with Gasteiger partial charge in [-0.05, 0) is 33.4 Å². The quantitative estimate of drug-likeness (QED) is 0.744. The second-order valence-electron chi connectivity index (χ2n) is 5.30. The van der Waals surface area contributed by atoms with Crippen LogP contribution in [0.1, 0.15) is 10.4 Å². The second-order valence-corrected chi connectivity index (χ2v) is 7.13. The van der Waals surface area contributed by atoms with E-state index in [2.05, 4.69) is 41.1 Å². The first-order chi connectivity index (χ1) is 11.2. The summed E-state index contributed by atoms with van der Waals surface area (Å²) in [4.78, 5) is 27.0. The average Bonchev–Trinajstić information content (AvgIpc) is 2.99. The number of anilines is 1. The van der Waals surface area contributed by atoms with Crippen LogP contribution in [0.4, 0.5) is 5.82 Å². The predicted octanol–water partition coefficient (Wildman–Crippen LogP) is 2.47. The Morgan fingerprint density at radius 1 is 1.35 bits per heavy atom. The molecule has 0 spiro atoms. The van der Waals surface area contributed by atoms with E-state index in [9.17, 15) is 4.79 Å². The van der Waals surface area contributed by atoms with Crippen molar-refractivity contribution in [3.05, 3.63) is 46.3 Å². The van der Waals surface area contributed by atoms with Gasteiger partial charge in [0.2, 0.25) is 0 Å². The Bertz CT molecular complexity index is 877. The van der Waals surface area contributed by atoms with Crippen LogP contribution in [0, 0.1) is 0 Å². The van der Waals surface area contributed by atoms with Gasteiger partial charge in [-0.2, -0.15) is 0 Å². The molecule has 0 bridgehead atoms. The highest BCUT2D eigenvalue weighted by atomic mass is 79.9. The van der Waals surface area contributed by atoms with E-state index in [0.29, 0.717) is 5.56 Å². The van der Waals surface area contributed by atoms with Gasteiger partial charge < -0.3 is 10.2 Å². The summed E-state index contributed by atoms with van der Waals surface area (Å²) in [5.74, 6) is 0.840. The van der Waals surface area contributed by atoms with Gasteiger partial charge >= 0.3 is 0 Å². The summed E-state index contributed by atoms with van der Waals surface area (Å²) in [6, 6.07) is 3.87. The molecule has 1 fully saturated rings. The standard InChI is InChI=1S/C15H12BrN5OS/c16-10-3-9(4-17-5-10)15(22)20-11-6-21(7-11)14-13-12(1-2-23-13)18-8-19-14/h1-5,8,11H,6-7H2,(H,20,22). The zero-order valence-corrected chi connectivity index (χ0v) is 14.3. The van der Waals surface area contributed by atoms with Crippen LogP contribution in [0.5, 0.6) is 0 Å². The smallest absolute Gasteiger partial charge is 0.253 e. The molecule has 1 amide bonds. The molecule has 0 atom stereocenters. The normalized spacial score (nSPS) is 14.7. The lowest BCUT2D eigenvalue weighted by Gasteiger charge is -2.40. The maximum absolute atomic E-state index is 12.2. The Balaban J connectivity index is 1.42. The lowest BCUT2D eigenvalue weighted by Crippen LogP contribution is -2.59. The van der Waals surface area contributed by atoms with Gasteiger partial charge in [0.1, 0.15) is 12.1 Å². The van der Waals surface area contributed by atoms with Crippen molar-refractivity contribution >= 4 is 49.2 Å². The van der Waals surface area contributed by atoms with Crippen LogP contribution in [-0.4, -0.2) is 40.0 Å². The van der Waals surface area contributed by atoms with Crippen LogP contribution in [0.3, 0.4) is 0 Å². The number of thiophene rings is 1. The van der Waals surface area contributed by atoms with Crippen molar-refractivity contribution in [2.24, 2.45) is 0 Å². The topological polar surface area (TPSA) is 71.0 Å². The summed E-state index contributed by atoms with van der Waals surface area (Å²) in [5.41, 5.74) is 1.52. The van der Waals surface area contributed by atoms with Gasteiger partial charge in [-0.1, -0.05) is 0 Å². The van der Waals surface area contributed by atoms with Crippen LogP contribution >= 0.6 is 27.3 Å². The van der Waals surface area contributed by atoms with Crippen LogP contribution in [0.15, 0.2) is 40.7 Å². The Labute approximate surface area is 144 Å². The molecule has 0 unspecified atom stereocenters. The van der Waals surface area contributed by atoms with E-state index in [-0.39, 0.29) is 11.9 Å². The van der Waals surface area contributed by atoms with Crippen LogP contribution in [-0.2, 0) is 0 Å². The SMILES string of the molecule is O=C(NC1CN(c2ncnc3ccsc23)C1)c1cncc(Br)c1. The number of hydrogen-bond donors (Lipinski definition) is 1. The molecular weight excluding hydrogens is 378 g/mol. The van der Waals surface area contributed by atoms with Gasteiger partial charge in [-0.25, -0.2) is 9.97 Å². The molecule has 0 aromatic carbocycles. The van der Waals surface area contributed by atoms with Gasteiger partial charge in [0, 0.05) is 30.0 Å². The highest BCUT2D eigenvalue weighted by Crippen LogP contribution is 2.30. The Hall–Kier alpha value is -2.06. The number of aromatic nitrogens is 3. The molecule has 3 aromatic heterocycles. The number of nitrogens with one attached hydrogen (secondary N) is 1. The number of rotatable bonds is 3. The van der Waals surface area contributed by atoms with Gasteiger partial charge in [-0.3, -0.25) is 9.78 Å².